The Labute approximate surface area is 186 Å². The Morgan fingerprint density at radius 2 is 1.94 bits per heavy atom. The van der Waals surface area contributed by atoms with Crippen LogP contribution < -0.4 is 11.0 Å². The topological polar surface area (TPSA) is 89.0 Å². The number of hydrogen-bond acceptors (Lipinski definition) is 4. The van der Waals surface area contributed by atoms with Gasteiger partial charge in [0.2, 0.25) is 5.91 Å². The molecular weight excluding hydrogens is 416 g/mol. The van der Waals surface area contributed by atoms with Crippen molar-refractivity contribution in [3.05, 3.63) is 46.0 Å². The number of nitrogens with one attached hydrogen (secondary N) is 2. The number of halogens is 1. The standard InChI is InChI=1S/C23H29ClN4O3/c1-5-6-7-12-28-20-19(17(24)13-25-21(20)27-22(28)30)15-8-10-16(11-9-15)26-18(29)14-31-23(2,3)4/h8-11,13H,5-7,12,14H2,1-4H3,(H,26,29)(H,25,27,30). The van der Waals surface area contributed by atoms with Gasteiger partial charge in [0.15, 0.2) is 5.65 Å². The van der Waals surface area contributed by atoms with Crippen molar-refractivity contribution in [1.82, 2.24) is 14.5 Å². The van der Waals surface area contributed by atoms with E-state index in [0.29, 0.717) is 28.4 Å². The summed E-state index contributed by atoms with van der Waals surface area (Å²) in [4.78, 5) is 31.7. The molecule has 31 heavy (non-hydrogen) atoms. The number of carbonyl (C=O) groups excluding carboxylic acids is 1. The molecule has 2 N–H and O–H groups in total. The molecule has 0 fully saturated rings. The first-order chi connectivity index (χ1) is 14.7. The highest BCUT2D eigenvalue weighted by molar-refractivity contribution is 6.34. The number of unbranched alkanes of at least 4 members (excludes halogenated alkanes) is 2. The number of hydrogen-bond donors (Lipinski definition) is 2. The van der Waals surface area contributed by atoms with Crippen LogP contribution in [0.1, 0.15) is 47.0 Å². The number of benzene rings is 1. The number of aromatic nitrogens is 3. The van der Waals surface area contributed by atoms with Gasteiger partial charge >= 0.3 is 5.69 Å². The zero-order valence-corrected chi connectivity index (χ0v) is 19.2. The molecule has 0 bridgehead atoms. The maximum Gasteiger partial charge on any atom is 0.327 e. The number of nitrogens with zero attached hydrogens (tertiary/aromatic N) is 2. The van der Waals surface area contributed by atoms with Crippen LogP contribution in [0.15, 0.2) is 35.3 Å². The zero-order valence-electron chi connectivity index (χ0n) is 18.4. The maximum absolute atomic E-state index is 12.5. The molecule has 166 valence electrons. The zero-order chi connectivity index (χ0) is 22.6. The van der Waals surface area contributed by atoms with Gasteiger partial charge in [-0.1, -0.05) is 43.5 Å². The number of imidazole rings is 1. The van der Waals surface area contributed by atoms with Crippen LogP contribution >= 0.6 is 11.6 Å². The number of aromatic amines is 1. The lowest BCUT2D eigenvalue weighted by Gasteiger charge is -2.19. The maximum atomic E-state index is 12.5. The first kappa shape index (κ1) is 23.0. The summed E-state index contributed by atoms with van der Waals surface area (Å²) in [7, 11) is 0. The quantitative estimate of drug-likeness (QED) is 0.479. The highest BCUT2D eigenvalue weighted by atomic mass is 35.5. The minimum atomic E-state index is -0.381. The predicted molar refractivity (Wildman–Crippen MR) is 125 cm³/mol. The van der Waals surface area contributed by atoms with E-state index in [0.717, 1.165) is 30.4 Å². The van der Waals surface area contributed by atoms with E-state index in [9.17, 15) is 9.59 Å². The van der Waals surface area contributed by atoms with Crippen LogP contribution in [-0.2, 0) is 16.1 Å². The highest BCUT2D eigenvalue weighted by Gasteiger charge is 2.17. The number of pyridine rings is 1. The Balaban J connectivity index is 1.88. The van der Waals surface area contributed by atoms with Gasteiger partial charge in [-0.3, -0.25) is 14.3 Å². The molecule has 7 nitrogen and oxygen atoms in total. The molecule has 0 saturated carbocycles. The van der Waals surface area contributed by atoms with E-state index in [-0.39, 0.29) is 23.8 Å². The molecule has 0 aliphatic heterocycles. The van der Waals surface area contributed by atoms with Crippen molar-refractivity contribution in [2.24, 2.45) is 0 Å². The summed E-state index contributed by atoms with van der Waals surface area (Å²) in [5.41, 5.74) is 2.88. The molecule has 0 aliphatic carbocycles. The fourth-order valence-electron chi connectivity index (χ4n) is 3.31. The molecule has 1 amide bonds. The van der Waals surface area contributed by atoms with Crippen LogP contribution in [0.2, 0.25) is 5.02 Å². The molecule has 2 heterocycles. The Kier molecular flexibility index (Phi) is 7.18. The molecule has 3 rings (SSSR count). The van der Waals surface area contributed by atoms with Crippen molar-refractivity contribution < 1.29 is 9.53 Å². The number of rotatable bonds is 8. The Morgan fingerprint density at radius 3 is 2.58 bits per heavy atom. The average Bonchev–Trinajstić information content (AvgIpc) is 3.02. The van der Waals surface area contributed by atoms with Crippen molar-refractivity contribution in [1.29, 1.82) is 0 Å². The van der Waals surface area contributed by atoms with Crippen LogP contribution in [0, 0.1) is 0 Å². The summed E-state index contributed by atoms with van der Waals surface area (Å²) in [6.45, 7) is 8.40. The number of aryl methyl sites for hydroxylation is 1. The Morgan fingerprint density at radius 1 is 1.23 bits per heavy atom. The third-order valence-corrected chi connectivity index (χ3v) is 5.11. The molecule has 0 unspecified atom stereocenters. The molecule has 3 aromatic rings. The second-order valence-corrected chi connectivity index (χ2v) is 8.90. The van der Waals surface area contributed by atoms with Gasteiger partial charge in [0.1, 0.15) is 6.61 Å². The third-order valence-electron chi connectivity index (χ3n) is 4.83. The van der Waals surface area contributed by atoms with Crippen molar-refractivity contribution in [3.63, 3.8) is 0 Å². The van der Waals surface area contributed by atoms with Gasteiger partial charge < -0.3 is 10.1 Å². The molecule has 8 heteroatoms. The molecular formula is C23H29ClN4O3. The fraction of sp³-hybridized carbons (Fsp3) is 0.435. The molecule has 0 atom stereocenters. The second kappa shape index (κ2) is 9.66. The number of carbonyl (C=O) groups is 1. The van der Waals surface area contributed by atoms with E-state index >= 15 is 0 Å². The number of ether oxygens (including phenoxy) is 1. The van der Waals surface area contributed by atoms with Crippen molar-refractivity contribution in [2.75, 3.05) is 11.9 Å². The van der Waals surface area contributed by atoms with Gasteiger partial charge in [0.25, 0.3) is 0 Å². The van der Waals surface area contributed by atoms with Crippen LogP contribution in [0.3, 0.4) is 0 Å². The lowest BCUT2D eigenvalue weighted by Crippen LogP contribution is -2.27. The summed E-state index contributed by atoms with van der Waals surface area (Å²) in [6, 6.07) is 7.35. The van der Waals surface area contributed by atoms with Gasteiger partial charge in [-0.2, -0.15) is 0 Å². The van der Waals surface area contributed by atoms with E-state index in [4.69, 9.17) is 16.3 Å². The number of amides is 1. The lowest BCUT2D eigenvalue weighted by atomic mass is 10.0. The summed E-state index contributed by atoms with van der Waals surface area (Å²) >= 11 is 6.51. The van der Waals surface area contributed by atoms with E-state index in [1.807, 2.05) is 32.9 Å². The normalized spacial score (nSPS) is 11.8. The number of H-pyrrole nitrogens is 1. The smallest absolute Gasteiger partial charge is 0.327 e. The van der Waals surface area contributed by atoms with Crippen molar-refractivity contribution in [2.45, 2.75) is 59.1 Å². The monoisotopic (exact) mass is 444 g/mol. The molecule has 1 aromatic carbocycles. The summed E-state index contributed by atoms with van der Waals surface area (Å²) in [5, 5.41) is 3.29. The first-order valence-electron chi connectivity index (χ1n) is 10.5. The van der Waals surface area contributed by atoms with Gasteiger partial charge in [-0.25, -0.2) is 9.78 Å². The summed E-state index contributed by atoms with van der Waals surface area (Å²) in [6.07, 6.45) is 4.55. The SMILES string of the molecule is CCCCCn1c(=O)[nH]c2ncc(Cl)c(-c3ccc(NC(=O)COC(C)(C)C)cc3)c21. The van der Waals surface area contributed by atoms with Gasteiger partial charge in [0.05, 0.1) is 16.1 Å². The fourth-order valence-corrected chi connectivity index (χ4v) is 3.56. The summed E-state index contributed by atoms with van der Waals surface area (Å²) < 4.78 is 7.21. The number of fused-ring (bicyclic) bond motifs is 1. The van der Waals surface area contributed by atoms with Crippen molar-refractivity contribution in [3.8, 4) is 11.1 Å². The highest BCUT2D eigenvalue weighted by Crippen LogP contribution is 2.34. The van der Waals surface area contributed by atoms with Gasteiger partial charge in [-0.05, 0) is 44.9 Å². The van der Waals surface area contributed by atoms with E-state index < -0.39 is 0 Å². The summed E-state index contributed by atoms with van der Waals surface area (Å²) in [5.74, 6) is -0.220. The van der Waals surface area contributed by atoms with Crippen LogP contribution in [0.4, 0.5) is 5.69 Å². The van der Waals surface area contributed by atoms with E-state index in [1.165, 1.54) is 0 Å². The van der Waals surface area contributed by atoms with Crippen LogP contribution in [0.5, 0.6) is 0 Å². The van der Waals surface area contributed by atoms with Gasteiger partial charge in [0, 0.05) is 24.0 Å². The molecule has 0 spiro atoms. The molecule has 0 radical (unpaired) electrons. The van der Waals surface area contributed by atoms with Crippen molar-refractivity contribution >= 4 is 34.4 Å². The van der Waals surface area contributed by atoms with Gasteiger partial charge in [-0.15, -0.1) is 0 Å². The number of anilines is 1. The average molecular weight is 445 g/mol. The Hall–Kier alpha value is -2.64. The van der Waals surface area contributed by atoms with Crippen LogP contribution in [0.25, 0.3) is 22.3 Å². The minimum Gasteiger partial charge on any atom is -0.366 e. The van der Waals surface area contributed by atoms with E-state index in [2.05, 4.69) is 22.2 Å². The molecule has 0 saturated heterocycles. The molecule has 0 aliphatic rings. The van der Waals surface area contributed by atoms with E-state index in [1.54, 1.807) is 22.9 Å². The predicted octanol–water partition coefficient (Wildman–Crippen LogP) is 4.99. The largest absolute Gasteiger partial charge is 0.366 e. The van der Waals surface area contributed by atoms with Crippen LogP contribution in [-0.4, -0.2) is 32.7 Å². The minimum absolute atomic E-state index is 0.0184. The second-order valence-electron chi connectivity index (χ2n) is 8.49. The molecule has 2 aromatic heterocycles. The first-order valence-corrected chi connectivity index (χ1v) is 10.9. The Bertz CT molecular complexity index is 1110. The third kappa shape index (κ3) is 5.74. The lowest BCUT2D eigenvalue weighted by molar-refractivity contribution is -0.125.